The van der Waals surface area contributed by atoms with Crippen LogP contribution >= 0.6 is 0 Å². The van der Waals surface area contributed by atoms with Gasteiger partial charge in [-0.3, -0.25) is 14.6 Å². The molecule has 84 valence electrons. The number of carboxylic acid groups (broad SMARTS) is 1. The fourth-order valence-corrected chi connectivity index (χ4v) is 1.72. The number of nitrogens with zero attached hydrogens (tertiary/aromatic N) is 2. The maximum absolute atomic E-state index is 10.6. The Bertz CT molecular complexity index is 267. The van der Waals surface area contributed by atoms with E-state index in [1.807, 2.05) is 11.8 Å². The Morgan fingerprint density at radius 3 is 2.60 bits per heavy atom. The van der Waals surface area contributed by atoms with E-state index in [0.717, 1.165) is 39.1 Å². The van der Waals surface area contributed by atoms with Crippen molar-refractivity contribution in [3.05, 3.63) is 0 Å². The largest absolute Gasteiger partial charge is 0.480 e. The predicted molar refractivity (Wildman–Crippen MR) is 58.6 cm³/mol. The fraction of sp³-hybridized carbons (Fsp3) is 0.727. The molecule has 1 rings (SSSR count). The molecule has 1 aliphatic heterocycles. The lowest BCUT2D eigenvalue weighted by atomic mass is 10.4. The molecule has 1 aliphatic rings. The van der Waals surface area contributed by atoms with Crippen LogP contribution in [0, 0.1) is 11.8 Å². The van der Waals surface area contributed by atoms with Crippen LogP contribution in [0.5, 0.6) is 0 Å². The lowest BCUT2D eigenvalue weighted by molar-refractivity contribution is -0.138. The van der Waals surface area contributed by atoms with Gasteiger partial charge >= 0.3 is 5.97 Å². The van der Waals surface area contributed by atoms with Crippen molar-refractivity contribution in [3.8, 4) is 11.8 Å². The van der Waals surface area contributed by atoms with Crippen molar-refractivity contribution in [3.63, 3.8) is 0 Å². The number of carboxylic acids is 1. The van der Waals surface area contributed by atoms with Gasteiger partial charge in [0.2, 0.25) is 0 Å². The van der Waals surface area contributed by atoms with Gasteiger partial charge in [0.25, 0.3) is 0 Å². The minimum Gasteiger partial charge on any atom is -0.480 e. The van der Waals surface area contributed by atoms with Crippen LogP contribution in [0.3, 0.4) is 0 Å². The molecule has 1 fully saturated rings. The summed E-state index contributed by atoms with van der Waals surface area (Å²) in [6.45, 7) is 6.45. The first kappa shape index (κ1) is 12.0. The first-order chi connectivity index (χ1) is 7.22. The standard InChI is InChI=1S/C11H18N2O2/c1-2-3-5-12-6-4-7-13(9-8-12)10-11(14)15/h4-10H2,1H3,(H,14,15). The van der Waals surface area contributed by atoms with Crippen LogP contribution < -0.4 is 0 Å². The molecule has 0 atom stereocenters. The van der Waals surface area contributed by atoms with E-state index in [1.165, 1.54) is 0 Å². The third kappa shape index (κ3) is 4.82. The van der Waals surface area contributed by atoms with Crippen molar-refractivity contribution < 1.29 is 9.90 Å². The second-order valence-corrected chi connectivity index (χ2v) is 3.73. The summed E-state index contributed by atoms with van der Waals surface area (Å²) in [5.41, 5.74) is 0. The Morgan fingerprint density at radius 1 is 1.27 bits per heavy atom. The summed E-state index contributed by atoms with van der Waals surface area (Å²) >= 11 is 0. The van der Waals surface area contributed by atoms with Gasteiger partial charge in [-0.2, -0.15) is 0 Å². The maximum Gasteiger partial charge on any atom is 0.317 e. The molecule has 0 aromatic rings. The summed E-state index contributed by atoms with van der Waals surface area (Å²) in [5.74, 6) is 5.18. The summed E-state index contributed by atoms with van der Waals surface area (Å²) < 4.78 is 0. The van der Waals surface area contributed by atoms with Crippen LogP contribution in [0.25, 0.3) is 0 Å². The van der Waals surface area contributed by atoms with Crippen molar-refractivity contribution >= 4 is 5.97 Å². The summed E-state index contributed by atoms with van der Waals surface area (Å²) in [6.07, 6.45) is 1.03. The average molecular weight is 210 g/mol. The lowest BCUT2D eigenvalue weighted by Crippen LogP contribution is -2.34. The third-order valence-electron chi connectivity index (χ3n) is 2.52. The molecule has 1 saturated heterocycles. The van der Waals surface area contributed by atoms with Crippen molar-refractivity contribution in [1.29, 1.82) is 0 Å². The zero-order valence-electron chi connectivity index (χ0n) is 9.20. The molecule has 4 nitrogen and oxygen atoms in total. The summed E-state index contributed by atoms with van der Waals surface area (Å²) in [6, 6.07) is 0. The van der Waals surface area contributed by atoms with Gasteiger partial charge in [-0.05, 0) is 13.3 Å². The van der Waals surface area contributed by atoms with Crippen molar-refractivity contribution in [2.45, 2.75) is 13.3 Å². The Balaban J connectivity index is 2.33. The molecule has 1 N–H and O–H groups in total. The number of carbonyl (C=O) groups is 1. The molecule has 0 aromatic heterocycles. The van der Waals surface area contributed by atoms with Crippen LogP contribution in [0.4, 0.5) is 0 Å². The number of aliphatic carboxylic acids is 1. The lowest BCUT2D eigenvalue weighted by Gasteiger charge is -2.18. The van der Waals surface area contributed by atoms with E-state index in [1.54, 1.807) is 0 Å². The van der Waals surface area contributed by atoms with Crippen molar-refractivity contribution in [2.75, 3.05) is 39.3 Å². The van der Waals surface area contributed by atoms with Gasteiger partial charge in [-0.1, -0.05) is 5.92 Å². The molecular formula is C11H18N2O2. The second kappa shape index (κ2) is 6.44. The molecule has 0 saturated carbocycles. The third-order valence-corrected chi connectivity index (χ3v) is 2.52. The van der Waals surface area contributed by atoms with E-state index in [4.69, 9.17) is 5.11 Å². The Labute approximate surface area is 90.9 Å². The highest BCUT2D eigenvalue weighted by Gasteiger charge is 2.15. The van der Waals surface area contributed by atoms with Crippen LogP contribution in [0.15, 0.2) is 0 Å². The quantitative estimate of drug-likeness (QED) is 0.671. The highest BCUT2D eigenvalue weighted by molar-refractivity contribution is 5.69. The van der Waals surface area contributed by atoms with Gasteiger partial charge < -0.3 is 5.11 Å². The molecule has 0 aliphatic carbocycles. The van der Waals surface area contributed by atoms with Gasteiger partial charge in [0, 0.05) is 26.2 Å². The van der Waals surface area contributed by atoms with Crippen molar-refractivity contribution in [1.82, 2.24) is 9.80 Å². The van der Waals surface area contributed by atoms with E-state index < -0.39 is 5.97 Å². The van der Waals surface area contributed by atoms with Crippen LogP contribution in [0.1, 0.15) is 13.3 Å². The summed E-state index contributed by atoms with van der Waals surface area (Å²) in [4.78, 5) is 14.8. The van der Waals surface area contributed by atoms with Crippen LogP contribution in [-0.4, -0.2) is 60.1 Å². The van der Waals surface area contributed by atoms with Gasteiger partial charge in [0.1, 0.15) is 0 Å². The Morgan fingerprint density at radius 2 is 1.93 bits per heavy atom. The zero-order valence-corrected chi connectivity index (χ0v) is 9.20. The van der Waals surface area contributed by atoms with E-state index in [0.29, 0.717) is 0 Å². The first-order valence-corrected chi connectivity index (χ1v) is 5.28. The van der Waals surface area contributed by atoms with E-state index in [2.05, 4.69) is 16.7 Å². The summed E-state index contributed by atoms with van der Waals surface area (Å²) in [7, 11) is 0. The monoisotopic (exact) mass is 210 g/mol. The van der Waals surface area contributed by atoms with E-state index >= 15 is 0 Å². The maximum atomic E-state index is 10.6. The van der Waals surface area contributed by atoms with Crippen LogP contribution in [-0.2, 0) is 4.79 Å². The molecule has 0 amide bonds. The zero-order chi connectivity index (χ0) is 11.1. The Hall–Kier alpha value is -1.05. The topological polar surface area (TPSA) is 43.8 Å². The van der Waals surface area contributed by atoms with Gasteiger partial charge in [0.15, 0.2) is 0 Å². The molecule has 1 heterocycles. The second-order valence-electron chi connectivity index (χ2n) is 3.73. The smallest absolute Gasteiger partial charge is 0.317 e. The van der Waals surface area contributed by atoms with Crippen LogP contribution in [0.2, 0.25) is 0 Å². The van der Waals surface area contributed by atoms with E-state index in [-0.39, 0.29) is 6.54 Å². The number of rotatable bonds is 3. The van der Waals surface area contributed by atoms with Gasteiger partial charge in [-0.15, -0.1) is 5.92 Å². The molecule has 0 spiro atoms. The first-order valence-electron chi connectivity index (χ1n) is 5.28. The predicted octanol–water partition coefficient (Wildman–Crippen LogP) is 0.102. The molecule has 0 bridgehead atoms. The minimum atomic E-state index is -0.739. The minimum absolute atomic E-state index is 0.160. The molecule has 4 heteroatoms. The average Bonchev–Trinajstić information content (AvgIpc) is 2.40. The highest BCUT2D eigenvalue weighted by Crippen LogP contribution is 2.01. The van der Waals surface area contributed by atoms with Gasteiger partial charge in [0.05, 0.1) is 13.1 Å². The number of hydrogen-bond acceptors (Lipinski definition) is 3. The molecule has 0 aromatic carbocycles. The molecule has 0 radical (unpaired) electrons. The molecular weight excluding hydrogens is 192 g/mol. The fourth-order valence-electron chi connectivity index (χ4n) is 1.72. The normalized spacial score (nSPS) is 19.0. The Kier molecular flexibility index (Phi) is 5.16. The number of hydrogen-bond donors (Lipinski definition) is 1. The highest BCUT2D eigenvalue weighted by atomic mass is 16.4. The molecule has 0 unspecified atom stereocenters. The molecule has 15 heavy (non-hydrogen) atoms. The van der Waals surface area contributed by atoms with Gasteiger partial charge in [-0.25, -0.2) is 0 Å². The SMILES string of the molecule is CC#CCN1CCCN(CC(=O)O)CC1. The van der Waals surface area contributed by atoms with E-state index in [9.17, 15) is 4.79 Å². The summed E-state index contributed by atoms with van der Waals surface area (Å²) in [5, 5.41) is 8.69. The van der Waals surface area contributed by atoms with Crippen molar-refractivity contribution in [2.24, 2.45) is 0 Å².